The van der Waals surface area contributed by atoms with E-state index in [0.29, 0.717) is 34.8 Å². The highest BCUT2D eigenvalue weighted by molar-refractivity contribution is 5.56. The Hall–Kier alpha value is -1.38. The molecule has 0 spiro atoms. The van der Waals surface area contributed by atoms with Gasteiger partial charge in [-0.1, -0.05) is 47.0 Å². The van der Waals surface area contributed by atoms with E-state index in [9.17, 15) is 15.3 Å². The summed E-state index contributed by atoms with van der Waals surface area (Å²) < 4.78 is 0. The van der Waals surface area contributed by atoms with Gasteiger partial charge in [-0.05, 0) is 68.3 Å². The molecule has 1 saturated carbocycles. The van der Waals surface area contributed by atoms with Crippen molar-refractivity contribution in [1.29, 1.82) is 0 Å². The first-order valence-corrected chi connectivity index (χ1v) is 10.4. The second-order valence-electron chi connectivity index (χ2n) is 9.87. The predicted molar refractivity (Wildman–Crippen MR) is 108 cm³/mol. The van der Waals surface area contributed by atoms with Crippen LogP contribution in [-0.4, -0.2) is 15.3 Å². The Morgan fingerprint density at radius 1 is 0.885 bits per heavy atom. The number of hydrogen-bond donors (Lipinski definition) is 3. The smallest absolute Gasteiger partial charge is 0.164 e. The van der Waals surface area contributed by atoms with Crippen LogP contribution in [0.4, 0.5) is 0 Å². The van der Waals surface area contributed by atoms with Crippen LogP contribution in [-0.2, 0) is 12.8 Å². The number of benzene rings is 1. The zero-order valence-corrected chi connectivity index (χ0v) is 17.2. The molecular formula is C23H38O3. The van der Waals surface area contributed by atoms with Crippen molar-refractivity contribution in [2.45, 2.75) is 98.3 Å². The summed E-state index contributed by atoms with van der Waals surface area (Å²) in [7, 11) is 0. The Labute approximate surface area is 159 Å². The molecule has 1 aromatic carbocycles. The maximum atomic E-state index is 10.3. The normalized spacial score (nSPS) is 16.0. The lowest BCUT2D eigenvalue weighted by atomic mass is 9.89. The first-order chi connectivity index (χ1) is 12.1. The summed E-state index contributed by atoms with van der Waals surface area (Å²) in [5, 5.41) is 31.0. The SMILES string of the molecule is CC(C)(C)CCCCCc1cc(O)c(CCCCC2(C)CC2)c(O)c1O. The van der Waals surface area contributed by atoms with Crippen molar-refractivity contribution >= 4 is 0 Å². The minimum atomic E-state index is -0.118. The van der Waals surface area contributed by atoms with Crippen molar-refractivity contribution in [3.05, 3.63) is 17.2 Å². The van der Waals surface area contributed by atoms with E-state index in [0.717, 1.165) is 25.7 Å². The summed E-state index contributed by atoms with van der Waals surface area (Å²) in [6, 6.07) is 1.65. The van der Waals surface area contributed by atoms with Gasteiger partial charge in [-0.25, -0.2) is 0 Å². The molecule has 2 rings (SSSR count). The van der Waals surface area contributed by atoms with Crippen LogP contribution in [0.5, 0.6) is 17.2 Å². The molecule has 0 radical (unpaired) electrons. The van der Waals surface area contributed by atoms with Crippen molar-refractivity contribution in [2.24, 2.45) is 10.8 Å². The van der Waals surface area contributed by atoms with Gasteiger partial charge in [0.05, 0.1) is 0 Å². The number of aromatic hydroxyl groups is 3. The number of unbranched alkanes of at least 4 members (excludes halogenated alkanes) is 3. The van der Waals surface area contributed by atoms with Gasteiger partial charge in [0.2, 0.25) is 0 Å². The number of rotatable bonds is 10. The minimum Gasteiger partial charge on any atom is -0.508 e. The molecule has 3 nitrogen and oxygen atoms in total. The van der Waals surface area contributed by atoms with E-state index in [-0.39, 0.29) is 17.2 Å². The predicted octanol–water partition coefficient (Wildman–Crippen LogP) is 6.47. The molecule has 0 saturated heterocycles. The van der Waals surface area contributed by atoms with Crippen LogP contribution in [0.15, 0.2) is 6.07 Å². The topological polar surface area (TPSA) is 60.7 Å². The first kappa shape index (κ1) is 20.9. The van der Waals surface area contributed by atoms with Gasteiger partial charge >= 0.3 is 0 Å². The molecule has 1 aromatic rings. The minimum absolute atomic E-state index is 0.0391. The number of hydrogen-bond acceptors (Lipinski definition) is 3. The molecule has 3 heteroatoms. The van der Waals surface area contributed by atoms with Gasteiger partial charge in [0, 0.05) is 11.1 Å². The lowest BCUT2D eigenvalue weighted by Gasteiger charge is -2.17. The lowest BCUT2D eigenvalue weighted by Crippen LogP contribution is -2.04. The largest absolute Gasteiger partial charge is 0.508 e. The molecule has 0 amide bonds. The molecule has 0 aliphatic heterocycles. The maximum absolute atomic E-state index is 10.3. The van der Waals surface area contributed by atoms with Crippen molar-refractivity contribution in [2.75, 3.05) is 0 Å². The molecule has 1 aliphatic rings. The summed E-state index contributed by atoms with van der Waals surface area (Å²) in [6.07, 6.45) is 11.6. The van der Waals surface area contributed by atoms with E-state index < -0.39 is 0 Å². The summed E-state index contributed by atoms with van der Waals surface area (Å²) in [5.74, 6) is -0.0299. The summed E-state index contributed by atoms with van der Waals surface area (Å²) >= 11 is 0. The van der Waals surface area contributed by atoms with Crippen molar-refractivity contribution < 1.29 is 15.3 Å². The number of aryl methyl sites for hydroxylation is 1. The van der Waals surface area contributed by atoms with Crippen LogP contribution in [0.1, 0.15) is 96.6 Å². The van der Waals surface area contributed by atoms with Crippen LogP contribution in [0.25, 0.3) is 0 Å². The van der Waals surface area contributed by atoms with Crippen molar-refractivity contribution in [1.82, 2.24) is 0 Å². The molecule has 1 fully saturated rings. The fourth-order valence-electron chi connectivity index (χ4n) is 3.64. The van der Waals surface area contributed by atoms with Gasteiger partial charge < -0.3 is 15.3 Å². The molecule has 0 aromatic heterocycles. The number of phenolic OH excluding ortho intramolecular Hbond substituents is 3. The summed E-state index contributed by atoms with van der Waals surface area (Å²) in [5.41, 5.74) is 2.06. The first-order valence-electron chi connectivity index (χ1n) is 10.4. The quantitative estimate of drug-likeness (QED) is 0.254. The monoisotopic (exact) mass is 362 g/mol. The summed E-state index contributed by atoms with van der Waals surface area (Å²) in [6.45, 7) is 9.07. The molecule has 3 N–H and O–H groups in total. The second kappa shape index (κ2) is 8.54. The van der Waals surface area contributed by atoms with Crippen LogP contribution < -0.4 is 0 Å². The third-order valence-electron chi connectivity index (χ3n) is 5.87. The fraction of sp³-hybridized carbons (Fsp3) is 0.739. The second-order valence-corrected chi connectivity index (χ2v) is 9.87. The van der Waals surface area contributed by atoms with Crippen LogP contribution >= 0.6 is 0 Å². The molecule has 0 bridgehead atoms. The van der Waals surface area contributed by atoms with Crippen molar-refractivity contribution in [3.8, 4) is 17.2 Å². The van der Waals surface area contributed by atoms with Crippen LogP contribution in [0.3, 0.4) is 0 Å². The molecule has 26 heavy (non-hydrogen) atoms. The van der Waals surface area contributed by atoms with Gasteiger partial charge in [0.25, 0.3) is 0 Å². The lowest BCUT2D eigenvalue weighted by molar-refractivity contribution is 0.357. The Morgan fingerprint density at radius 2 is 1.54 bits per heavy atom. The molecular weight excluding hydrogens is 324 g/mol. The highest BCUT2D eigenvalue weighted by Crippen LogP contribution is 2.49. The Kier molecular flexibility index (Phi) is 6.87. The van der Waals surface area contributed by atoms with Gasteiger partial charge in [-0.15, -0.1) is 0 Å². The Bertz CT molecular complexity index is 594. The average Bonchev–Trinajstić information content (AvgIpc) is 3.27. The summed E-state index contributed by atoms with van der Waals surface area (Å²) in [4.78, 5) is 0. The van der Waals surface area contributed by atoms with Gasteiger partial charge in [0.15, 0.2) is 11.5 Å². The van der Waals surface area contributed by atoms with Gasteiger partial charge in [-0.2, -0.15) is 0 Å². The van der Waals surface area contributed by atoms with Crippen LogP contribution in [0.2, 0.25) is 0 Å². The highest BCUT2D eigenvalue weighted by Gasteiger charge is 2.36. The standard InChI is InChI=1S/C23H38O3/c1-22(2,3)12-8-5-6-10-17-16-19(24)18(21(26)20(17)25)11-7-9-13-23(4)14-15-23/h16,24-26H,5-15H2,1-4H3. The zero-order valence-electron chi connectivity index (χ0n) is 17.2. The van der Waals surface area contributed by atoms with E-state index in [4.69, 9.17) is 0 Å². The molecule has 0 heterocycles. The third-order valence-corrected chi connectivity index (χ3v) is 5.87. The number of phenols is 3. The molecule has 1 aliphatic carbocycles. The Balaban J connectivity index is 1.83. The molecule has 148 valence electrons. The fourth-order valence-corrected chi connectivity index (χ4v) is 3.64. The van der Waals surface area contributed by atoms with E-state index in [1.807, 2.05) is 0 Å². The van der Waals surface area contributed by atoms with Gasteiger partial charge in [-0.3, -0.25) is 0 Å². The molecule has 0 unspecified atom stereocenters. The molecule has 0 atom stereocenters. The van der Waals surface area contributed by atoms with E-state index >= 15 is 0 Å². The third kappa shape index (κ3) is 6.41. The Morgan fingerprint density at radius 3 is 2.15 bits per heavy atom. The van der Waals surface area contributed by atoms with Crippen LogP contribution in [0, 0.1) is 10.8 Å². The van der Waals surface area contributed by atoms with E-state index in [2.05, 4.69) is 27.7 Å². The van der Waals surface area contributed by atoms with Gasteiger partial charge in [0.1, 0.15) is 5.75 Å². The zero-order chi connectivity index (χ0) is 19.4. The average molecular weight is 363 g/mol. The maximum Gasteiger partial charge on any atom is 0.164 e. The van der Waals surface area contributed by atoms with E-state index in [1.165, 1.54) is 32.1 Å². The highest BCUT2D eigenvalue weighted by atomic mass is 16.3. The van der Waals surface area contributed by atoms with E-state index in [1.54, 1.807) is 6.07 Å². The van der Waals surface area contributed by atoms with Crippen molar-refractivity contribution in [3.63, 3.8) is 0 Å².